The number of benzene rings is 2. The fourth-order valence-corrected chi connectivity index (χ4v) is 2.19. The lowest BCUT2D eigenvalue weighted by Gasteiger charge is -2.24. The van der Waals surface area contributed by atoms with Crippen LogP contribution in [0.5, 0.6) is 0 Å². The van der Waals surface area contributed by atoms with E-state index in [1.807, 2.05) is 0 Å². The van der Waals surface area contributed by atoms with Crippen LogP contribution in [0.1, 0.15) is 11.1 Å². The molecule has 90 valence electrons. The largest absolute Gasteiger partial charge is 0.331 e. The Kier molecular flexibility index (Phi) is 3.21. The fourth-order valence-electron chi connectivity index (χ4n) is 2.19. The van der Waals surface area contributed by atoms with Gasteiger partial charge in [0.25, 0.3) is 0 Å². The van der Waals surface area contributed by atoms with E-state index in [-0.39, 0.29) is 0 Å². The maximum absolute atomic E-state index is 2.29. The number of fused-ring (bicyclic) bond motifs is 1. The van der Waals surface area contributed by atoms with E-state index in [1.165, 1.54) is 28.4 Å². The van der Waals surface area contributed by atoms with Crippen LogP contribution >= 0.6 is 0 Å². The van der Waals surface area contributed by atoms with Crippen LogP contribution in [-0.2, 0) is 6.42 Å². The van der Waals surface area contributed by atoms with Gasteiger partial charge in [0.15, 0.2) is 0 Å². The Hall–Kier alpha value is -1.34. The Labute approximate surface area is 104 Å². The van der Waals surface area contributed by atoms with Gasteiger partial charge in [-0.15, -0.1) is 0 Å². The SMILES string of the molecule is Cc1ccc(CC[N+](C)(C)C)c2ccccc12. The number of aryl methyl sites for hydroxylation is 1. The third-order valence-corrected chi connectivity index (χ3v) is 3.28. The van der Waals surface area contributed by atoms with Crippen molar-refractivity contribution in [2.24, 2.45) is 0 Å². The van der Waals surface area contributed by atoms with Crippen LogP contribution in [-0.4, -0.2) is 32.2 Å². The molecule has 1 heteroatoms. The van der Waals surface area contributed by atoms with Crippen molar-refractivity contribution in [1.82, 2.24) is 0 Å². The van der Waals surface area contributed by atoms with Gasteiger partial charge in [0.1, 0.15) is 0 Å². The van der Waals surface area contributed by atoms with E-state index in [1.54, 1.807) is 0 Å². The summed E-state index contributed by atoms with van der Waals surface area (Å²) >= 11 is 0. The van der Waals surface area contributed by atoms with Gasteiger partial charge < -0.3 is 4.48 Å². The van der Waals surface area contributed by atoms with Crippen molar-refractivity contribution >= 4 is 10.8 Å². The van der Waals surface area contributed by atoms with Gasteiger partial charge in [0, 0.05) is 6.42 Å². The molecule has 0 N–H and O–H groups in total. The Bertz CT molecular complexity index is 521. The van der Waals surface area contributed by atoms with E-state index >= 15 is 0 Å². The third-order valence-electron chi connectivity index (χ3n) is 3.28. The minimum Gasteiger partial charge on any atom is -0.331 e. The minimum absolute atomic E-state index is 1.02. The summed E-state index contributed by atoms with van der Waals surface area (Å²) in [6, 6.07) is 13.3. The van der Waals surface area contributed by atoms with Crippen molar-refractivity contribution in [2.75, 3.05) is 27.7 Å². The highest BCUT2D eigenvalue weighted by Gasteiger charge is 2.09. The quantitative estimate of drug-likeness (QED) is 0.706. The van der Waals surface area contributed by atoms with E-state index in [4.69, 9.17) is 0 Å². The summed E-state index contributed by atoms with van der Waals surface area (Å²) in [4.78, 5) is 0. The first kappa shape index (κ1) is 12.1. The second-order valence-corrected chi connectivity index (χ2v) is 5.85. The van der Waals surface area contributed by atoms with Crippen LogP contribution in [0.25, 0.3) is 10.8 Å². The first-order valence-corrected chi connectivity index (χ1v) is 6.25. The molecule has 0 aliphatic rings. The Morgan fingerprint density at radius 2 is 1.53 bits per heavy atom. The topological polar surface area (TPSA) is 0 Å². The average Bonchev–Trinajstić information content (AvgIpc) is 2.27. The van der Waals surface area contributed by atoms with Crippen LogP contribution < -0.4 is 0 Å². The van der Waals surface area contributed by atoms with Crippen LogP contribution in [0.2, 0.25) is 0 Å². The molecule has 0 aromatic heterocycles. The van der Waals surface area contributed by atoms with Crippen molar-refractivity contribution in [1.29, 1.82) is 0 Å². The second-order valence-electron chi connectivity index (χ2n) is 5.85. The summed E-state index contributed by atoms with van der Waals surface area (Å²) < 4.78 is 1.02. The Balaban J connectivity index is 2.38. The lowest BCUT2D eigenvalue weighted by atomic mass is 9.98. The summed E-state index contributed by atoms with van der Waals surface area (Å²) in [5.74, 6) is 0. The van der Waals surface area contributed by atoms with Crippen LogP contribution in [0.3, 0.4) is 0 Å². The highest BCUT2D eigenvalue weighted by atomic mass is 15.3. The predicted molar refractivity (Wildman–Crippen MR) is 75.3 cm³/mol. The maximum Gasteiger partial charge on any atom is 0.0821 e. The van der Waals surface area contributed by atoms with Gasteiger partial charge in [-0.3, -0.25) is 0 Å². The molecule has 0 heterocycles. The molecule has 0 amide bonds. The Morgan fingerprint density at radius 1 is 0.882 bits per heavy atom. The zero-order valence-electron chi connectivity index (χ0n) is 11.3. The molecule has 1 nitrogen and oxygen atoms in total. The summed E-state index contributed by atoms with van der Waals surface area (Å²) in [5, 5.41) is 2.81. The molecule has 0 unspecified atom stereocenters. The van der Waals surface area contributed by atoms with E-state index in [9.17, 15) is 0 Å². The van der Waals surface area contributed by atoms with Crippen molar-refractivity contribution in [3.8, 4) is 0 Å². The molecule has 17 heavy (non-hydrogen) atoms. The van der Waals surface area contributed by atoms with Crippen LogP contribution in [0, 0.1) is 6.92 Å². The minimum atomic E-state index is 1.02. The Morgan fingerprint density at radius 3 is 2.18 bits per heavy atom. The zero-order valence-corrected chi connectivity index (χ0v) is 11.3. The van der Waals surface area contributed by atoms with Crippen molar-refractivity contribution in [3.63, 3.8) is 0 Å². The first-order chi connectivity index (χ1) is 7.97. The van der Waals surface area contributed by atoms with E-state index < -0.39 is 0 Å². The highest BCUT2D eigenvalue weighted by Crippen LogP contribution is 2.22. The second kappa shape index (κ2) is 4.50. The van der Waals surface area contributed by atoms with Crippen LogP contribution in [0.15, 0.2) is 36.4 Å². The summed E-state index contributed by atoms with van der Waals surface area (Å²) in [5.41, 5.74) is 2.84. The molecule has 0 aliphatic heterocycles. The normalized spacial score (nSPS) is 12.0. The molecule has 2 aromatic rings. The monoisotopic (exact) mass is 228 g/mol. The molecule has 0 saturated carbocycles. The molecule has 0 saturated heterocycles. The van der Waals surface area contributed by atoms with Gasteiger partial charge in [-0.25, -0.2) is 0 Å². The van der Waals surface area contributed by atoms with Gasteiger partial charge >= 0.3 is 0 Å². The summed E-state index contributed by atoms with van der Waals surface area (Å²) in [6.45, 7) is 3.36. The molecule has 0 aliphatic carbocycles. The smallest absolute Gasteiger partial charge is 0.0821 e. The van der Waals surface area contributed by atoms with E-state index in [0.717, 1.165) is 10.9 Å². The molecule has 2 aromatic carbocycles. The maximum atomic E-state index is 2.29. The van der Waals surface area contributed by atoms with Gasteiger partial charge in [-0.05, 0) is 28.8 Å². The number of hydrogen-bond donors (Lipinski definition) is 0. The number of hydrogen-bond acceptors (Lipinski definition) is 0. The van der Waals surface area contributed by atoms with Crippen molar-refractivity contribution < 1.29 is 4.48 Å². The molecule has 0 atom stereocenters. The summed E-state index contributed by atoms with van der Waals surface area (Å²) in [7, 11) is 6.74. The van der Waals surface area contributed by atoms with Gasteiger partial charge in [0.2, 0.25) is 0 Å². The molecule has 2 rings (SSSR count). The van der Waals surface area contributed by atoms with Crippen molar-refractivity contribution in [3.05, 3.63) is 47.5 Å². The standard InChI is InChI=1S/C16H22N/c1-13-9-10-14(11-12-17(2,3)4)16-8-6-5-7-15(13)16/h5-10H,11-12H2,1-4H3/q+1. The molecule has 0 bridgehead atoms. The number of nitrogens with zero attached hydrogens (tertiary/aromatic N) is 1. The molecule has 0 fully saturated rings. The van der Waals surface area contributed by atoms with Crippen molar-refractivity contribution in [2.45, 2.75) is 13.3 Å². The average molecular weight is 228 g/mol. The molecule has 0 radical (unpaired) electrons. The number of rotatable bonds is 3. The molecular weight excluding hydrogens is 206 g/mol. The van der Waals surface area contributed by atoms with E-state index in [2.05, 4.69) is 64.5 Å². The molecular formula is C16H22N+. The third kappa shape index (κ3) is 2.86. The number of likely N-dealkylation sites (N-methyl/N-ethyl adjacent to an activating group) is 1. The first-order valence-electron chi connectivity index (χ1n) is 6.25. The summed E-state index contributed by atoms with van der Waals surface area (Å²) in [6.07, 6.45) is 1.14. The van der Waals surface area contributed by atoms with Gasteiger partial charge in [-0.1, -0.05) is 36.4 Å². The number of quaternary nitrogens is 1. The molecule has 0 spiro atoms. The fraction of sp³-hybridized carbons (Fsp3) is 0.375. The van der Waals surface area contributed by atoms with Gasteiger partial charge in [-0.2, -0.15) is 0 Å². The lowest BCUT2D eigenvalue weighted by Crippen LogP contribution is -2.36. The zero-order chi connectivity index (χ0) is 12.5. The van der Waals surface area contributed by atoms with Crippen LogP contribution in [0.4, 0.5) is 0 Å². The lowest BCUT2D eigenvalue weighted by molar-refractivity contribution is -0.870. The van der Waals surface area contributed by atoms with E-state index in [0.29, 0.717) is 0 Å². The van der Waals surface area contributed by atoms with Gasteiger partial charge in [0.05, 0.1) is 27.7 Å². The predicted octanol–water partition coefficient (Wildman–Crippen LogP) is 3.40. The highest BCUT2D eigenvalue weighted by molar-refractivity contribution is 5.88.